The van der Waals surface area contributed by atoms with E-state index in [-0.39, 0.29) is 11.4 Å². The van der Waals surface area contributed by atoms with Gasteiger partial charge >= 0.3 is 0 Å². The van der Waals surface area contributed by atoms with Crippen molar-refractivity contribution in [1.29, 1.82) is 0 Å². The van der Waals surface area contributed by atoms with Gasteiger partial charge in [-0.3, -0.25) is 14.9 Å². The molecule has 0 aliphatic carbocycles. The zero-order chi connectivity index (χ0) is 14.7. The van der Waals surface area contributed by atoms with Crippen LogP contribution in [0.25, 0.3) is 0 Å². The molecule has 0 saturated heterocycles. The van der Waals surface area contributed by atoms with E-state index in [1.54, 1.807) is 18.2 Å². The van der Waals surface area contributed by atoms with Gasteiger partial charge in [-0.1, -0.05) is 0 Å². The van der Waals surface area contributed by atoms with Crippen LogP contribution >= 0.6 is 31.9 Å². The number of hydrogen-bond donors (Lipinski definition) is 1. The molecular formula is C12H7Br2N3O3. The zero-order valence-corrected chi connectivity index (χ0v) is 13.0. The largest absolute Gasteiger partial charge is 0.320 e. The summed E-state index contributed by atoms with van der Waals surface area (Å²) in [5.41, 5.74) is 0.431. The highest BCUT2D eigenvalue weighted by Gasteiger charge is 2.14. The molecule has 20 heavy (non-hydrogen) atoms. The number of nitro groups is 1. The number of amides is 1. The van der Waals surface area contributed by atoms with Gasteiger partial charge in [0.25, 0.3) is 11.6 Å². The zero-order valence-electron chi connectivity index (χ0n) is 9.84. The fraction of sp³-hybridized carbons (Fsp3) is 0. The maximum absolute atomic E-state index is 11.9. The molecule has 0 radical (unpaired) electrons. The number of carbonyl (C=O) groups is 1. The molecule has 1 aromatic heterocycles. The first kappa shape index (κ1) is 14.6. The number of hydrogen-bond acceptors (Lipinski definition) is 4. The topological polar surface area (TPSA) is 85.1 Å². The maximum atomic E-state index is 11.9. The smallest absolute Gasteiger partial charge is 0.285 e. The summed E-state index contributed by atoms with van der Waals surface area (Å²) in [6, 6.07) is 7.58. The van der Waals surface area contributed by atoms with Crippen LogP contribution in [0.2, 0.25) is 0 Å². The van der Waals surface area contributed by atoms with E-state index in [9.17, 15) is 14.9 Å². The Morgan fingerprint density at radius 1 is 1.25 bits per heavy atom. The second-order valence-corrected chi connectivity index (χ2v) is 5.51. The van der Waals surface area contributed by atoms with Crippen molar-refractivity contribution in [2.24, 2.45) is 0 Å². The van der Waals surface area contributed by atoms with Crippen molar-refractivity contribution in [3.8, 4) is 0 Å². The number of rotatable bonds is 3. The highest BCUT2D eigenvalue weighted by molar-refractivity contribution is 9.10. The van der Waals surface area contributed by atoms with E-state index >= 15 is 0 Å². The summed E-state index contributed by atoms with van der Waals surface area (Å²) >= 11 is 6.30. The van der Waals surface area contributed by atoms with Gasteiger partial charge < -0.3 is 5.32 Å². The van der Waals surface area contributed by atoms with E-state index in [0.717, 1.165) is 4.47 Å². The number of nitrogens with zero attached hydrogens (tertiary/aromatic N) is 2. The number of carbonyl (C=O) groups excluding carboxylic acids is 1. The third-order valence-electron chi connectivity index (χ3n) is 2.36. The Morgan fingerprint density at radius 2 is 2.00 bits per heavy atom. The van der Waals surface area contributed by atoms with E-state index in [2.05, 4.69) is 42.2 Å². The Kier molecular flexibility index (Phi) is 4.46. The van der Waals surface area contributed by atoms with Crippen molar-refractivity contribution < 1.29 is 9.72 Å². The molecule has 0 spiro atoms. The molecule has 0 aliphatic heterocycles. The highest BCUT2D eigenvalue weighted by atomic mass is 79.9. The average Bonchev–Trinajstić information content (AvgIpc) is 2.41. The fourth-order valence-corrected chi connectivity index (χ4v) is 2.06. The monoisotopic (exact) mass is 399 g/mol. The van der Waals surface area contributed by atoms with Gasteiger partial charge in [0.1, 0.15) is 5.69 Å². The highest BCUT2D eigenvalue weighted by Crippen LogP contribution is 2.27. The number of anilines is 1. The van der Waals surface area contributed by atoms with E-state index in [1.165, 1.54) is 18.3 Å². The second-order valence-electron chi connectivity index (χ2n) is 3.74. The summed E-state index contributed by atoms with van der Waals surface area (Å²) in [6.45, 7) is 0. The van der Waals surface area contributed by atoms with Crippen LogP contribution in [-0.4, -0.2) is 15.8 Å². The summed E-state index contributed by atoms with van der Waals surface area (Å²) in [4.78, 5) is 26.2. The first-order chi connectivity index (χ1) is 9.47. The molecule has 0 saturated carbocycles. The molecule has 2 rings (SSSR count). The number of nitrogens with one attached hydrogen (secondary N) is 1. The van der Waals surface area contributed by atoms with Gasteiger partial charge in [-0.2, -0.15) is 0 Å². The third kappa shape index (κ3) is 3.40. The Balaban J connectivity index is 2.21. The van der Waals surface area contributed by atoms with Gasteiger partial charge in [0.05, 0.1) is 9.40 Å². The predicted molar refractivity (Wildman–Crippen MR) is 80.7 cm³/mol. The number of aromatic nitrogens is 1. The van der Waals surface area contributed by atoms with Crippen LogP contribution in [0.1, 0.15) is 10.5 Å². The molecule has 0 aliphatic rings. The van der Waals surface area contributed by atoms with Gasteiger partial charge in [-0.15, -0.1) is 0 Å². The van der Waals surface area contributed by atoms with Crippen molar-refractivity contribution >= 4 is 49.1 Å². The van der Waals surface area contributed by atoms with Crippen LogP contribution in [0.3, 0.4) is 0 Å². The second kappa shape index (κ2) is 6.10. The lowest BCUT2D eigenvalue weighted by atomic mass is 10.2. The molecule has 0 bridgehead atoms. The van der Waals surface area contributed by atoms with Crippen molar-refractivity contribution in [2.75, 3.05) is 5.32 Å². The third-order valence-corrected chi connectivity index (χ3v) is 3.50. The summed E-state index contributed by atoms with van der Waals surface area (Å²) in [7, 11) is 0. The Morgan fingerprint density at radius 3 is 2.60 bits per heavy atom. The number of benzene rings is 1. The van der Waals surface area contributed by atoms with Crippen LogP contribution in [0, 0.1) is 10.1 Å². The molecule has 2 aromatic rings. The van der Waals surface area contributed by atoms with E-state index in [1.807, 2.05) is 0 Å². The van der Waals surface area contributed by atoms with E-state index in [0.29, 0.717) is 10.2 Å². The molecule has 1 aromatic carbocycles. The standard InChI is InChI=1S/C12H7Br2N3O3/c13-7-1-4-10(15-6-7)12(18)16-8-2-3-9(14)11(5-8)17(19)20/h1-6H,(H,16,18). The van der Waals surface area contributed by atoms with Crippen LogP contribution < -0.4 is 5.32 Å². The SMILES string of the molecule is O=C(Nc1ccc(Br)c([N+](=O)[O-])c1)c1ccc(Br)cn1. The molecule has 0 unspecified atom stereocenters. The Labute approximate surface area is 130 Å². The first-order valence-corrected chi connectivity index (χ1v) is 6.93. The van der Waals surface area contributed by atoms with E-state index in [4.69, 9.17) is 0 Å². The molecular weight excluding hydrogens is 394 g/mol. The van der Waals surface area contributed by atoms with Crippen LogP contribution in [0.15, 0.2) is 45.5 Å². The average molecular weight is 401 g/mol. The molecule has 102 valence electrons. The fourth-order valence-electron chi connectivity index (χ4n) is 1.44. The molecule has 1 amide bonds. The lowest BCUT2D eigenvalue weighted by molar-refractivity contribution is -0.385. The Bertz CT molecular complexity index is 674. The lowest BCUT2D eigenvalue weighted by Crippen LogP contribution is -2.13. The summed E-state index contributed by atoms with van der Waals surface area (Å²) in [6.07, 6.45) is 1.50. The number of nitro benzene ring substituents is 1. The maximum Gasteiger partial charge on any atom is 0.285 e. The van der Waals surface area contributed by atoms with Gasteiger partial charge in [-0.25, -0.2) is 4.98 Å². The van der Waals surface area contributed by atoms with Gasteiger partial charge in [-0.05, 0) is 56.1 Å². The predicted octanol–water partition coefficient (Wildman–Crippen LogP) is 3.77. The normalized spacial score (nSPS) is 10.1. The van der Waals surface area contributed by atoms with Crippen molar-refractivity contribution in [1.82, 2.24) is 4.98 Å². The van der Waals surface area contributed by atoms with Gasteiger partial charge in [0, 0.05) is 22.4 Å². The molecule has 6 nitrogen and oxygen atoms in total. The van der Waals surface area contributed by atoms with Crippen LogP contribution in [0.4, 0.5) is 11.4 Å². The van der Waals surface area contributed by atoms with Crippen molar-refractivity contribution in [2.45, 2.75) is 0 Å². The minimum absolute atomic E-state index is 0.119. The quantitative estimate of drug-likeness (QED) is 0.627. The summed E-state index contributed by atoms with van der Waals surface area (Å²) in [5.74, 6) is -0.436. The Hall–Kier alpha value is -1.80. The van der Waals surface area contributed by atoms with Gasteiger partial charge in [0.2, 0.25) is 0 Å². The van der Waals surface area contributed by atoms with Crippen molar-refractivity contribution in [3.05, 3.63) is 61.3 Å². The molecule has 0 fully saturated rings. The molecule has 1 N–H and O–H groups in total. The van der Waals surface area contributed by atoms with Gasteiger partial charge in [0.15, 0.2) is 0 Å². The summed E-state index contributed by atoms with van der Waals surface area (Å²) < 4.78 is 1.11. The minimum atomic E-state index is -0.530. The molecule has 1 heterocycles. The lowest BCUT2D eigenvalue weighted by Gasteiger charge is -2.05. The van der Waals surface area contributed by atoms with Crippen molar-refractivity contribution in [3.63, 3.8) is 0 Å². The molecule has 8 heteroatoms. The summed E-state index contributed by atoms with van der Waals surface area (Å²) in [5, 5.41) is 13.4. The number of pyridine rings is 1. The van der Waals surface area contributed by atoms with Crippen LogP contribution in [0.5, 0.6) is 0 Å². The minimum Gasteiger partial charge on any atom is -0.320 e. The number of halogens is 2. The van der Waals surface area contributed by atoms with Crippen LogP contribution in [-0.2, 0) is 0 Å². The van der Waals surface area contributed by atoms with E-state index < -0.39 is 10.8 Å². The molecule has 0 atom stereocenters. The first-order valence-electron chi connectivity index (χ1n) is 5.34.